The Morgan fingerprint density at radius 2 is 1.74 bits per heavy atom. The van der Waals surface area contributed by atoms with Crippen LogP contribution in [-0.2, 0) is 14.8 Å². The lowest BCUT2D eigenvalue weighted by Crippen LogP contribution is -2.17. The zero-order valence-electron chi connectivity index (χ0n) is 11.9. The highest BCUT2D eigenvalue weighted by molar-refractivity contribution is 7.92. The number of nitrogens with one attached hydrogen (secondary N) is 1. The minimum absolute atomic E-state index is 0.00263. The molecule has 0 aromatic heterocycles. The standard InChI is InChI=1S/C14H12N2O6S/c1-22-14(17)10-6-2-3-7-11(10)15-23(20,21)13-9-5-4-8-12(13)16(18)19/h2-9,15H,1H3. The van der Waals surface area contributed by atoms with Gasteiger partial charge in [0.25, 0.3) is 15.7 Å². The van der Waals surface area contributed by atoms with Crippen molar-refractivity contribution in [2.24, 2.45) is 0 Å². The summed E-state index contributed by atoms with van der Waals surface area (Å²) in [6.45, 7) is 0. The minimum Gasteiger partial charge on any atom is -0.465 e. The SMILES string of the molecule is COC(=O)c1ccccc1NS(=O)(=O)c1ccccc1[N+](=O)[O-]. The van der Waals surface area contributed by atoms with Crippen molar-refractivity contribution < 1.29 is 22.9 Å². The first-order valence-electron chi connectivity index (χ1n) is 6.30. The number of rotatable bonds is 5. The van der Waals surface area contributed by atoms with Crippen LogP contribution in [0.3, 0.4) is 0 Å². The minimum atomic E-state index is -4.25. The van der Waals surface area contributed by atoms with Gasteiger partial charge in [-0.25, -0.2) is 13.2 Å². The smallest absolute Gasteiger partial charge is 0.339 e. The molecule has 0 amide bonds. The van der Waals surface area contributed by atoms with Crippen LogP contribution in [0.15, 0.2) is 53.4 Å². The van der Waals surface area contributed by atoms with Crippen LogP contribution in [0.1, 0.15) is 10.4 Å². The molecule has 0 radical (unpaired) electrons. The van der Waals surface area contributed by atoms with Gasteiger partial charge in [-0.15, -0.1) is 0 Å². The van der Waals surface area contributed by atoms with E-state index in [1.54, 1.807) is 0 Å². The first-order chi connectivity index (χ1) is 10.9. The highest BCUT2D eigenvalue weighted by Gasteiger charge is 2.26. The molecule has 9 heteroatoms. The fourth-order valence-electron chi connectivity index (χ4n) is 1.90. The molecule has 120 valence electrons. The van der Waals surface area contributed by atoms with Gasteiger partial charge in [0.05, 0.1) is 23.3 Å². The second-order valence-corrected chi connectivity index (χ2v) is 6.02. The van der Waals surface area contributed by atoms with Crippen LogP contribution in [0, 0.1) is 10.1 Å². The summed E-state index contributed by atoms with van der Waals surface area (Å²) in [5.74, 6) is -0.731. The van der Waals surface area contributed by atoms with Crippen LogP contribution >= 0.6 is 0 Å². The maximum absolute atomic E-state index is 12.4. The number of ether oxygens (including phenoxy) is 1. The molecule has 0 aliphatic carbocycles. The molecule has 0 saturated carbocycles. The molecule has 0 aliphatic rings. The summed E-state index contributed by atoms with van der Waals surface area (Å²) >= 11 is 0. The van der Waals surface area contributed by atoms with Crippen molar-refractivity contribution in [1.82, 2.24) is 0 Å². The highest BCUT2D eigenvalue weighted by Crippen LogP contribution is 2.26. The fraction of sp³-hybridized carbons (Fsp3) is 0.0714. The lowest BCUT2D eigenvalue weighted by molar-refractivity contribution is -0.387. The molecule has 2 aromatic carbocycles. The molecule has 2 rings (SSSR count). The van der Waals surface area contributed by atoms with Gasteiger partial charge in [0.1, 0.15) is 0 Å². The van der Waals surface area contributed by atoms with Crippen molar-refractivity contribution in [3.8, 4) is 0 Å². The summed E-state index contributed by atoms with van der Waals surface area (Å²) < 4.78 is 31.6. The van der Waals surface area contributed by atoms with Gasteiger partial charge in [0.2, 0.25) is 0 Å². The summed E-state index contributed by atoms with van der Waals surface area (Å²) in [5, 5.41) is 11.0. The lowest BCUT2D eigenvalue weighted by Gasteiger charge is -2.11. The van der Waals surface area contributed by atoms with Crippen molar-refractivity contribution in [3.05, 3.63) is 64.2 Å². The Labute approximate surface area is 131 Å². The highest BCUT2D eigenvalue weighted by atomic mass is 32.2. The van der Waals surface area contributed by atoms with Crippen LogP contribution < -0.4 is 4.72 Å². The monoisotopic (exact) mass is 336 g/mol. The molecule has 8 nitrogen and oxygen atoms in total. The maximum Gasteiger partial charge on any atom is 0.339 e. The Morgan fingerprint density at radius 3 is 2.39 bits per heavy atom. The van der Waals surface area contributed by atoms with Gasteiger partial charge in [-0.1, -0.05) is 24.3 Å². The number of anilines is 1. The van der Waals surface area contributed by atoms with Crippen molar-refractivity contribution in [2.75, 3.05) is 11.8 Å². The van der Waals surface area contributed by atoms with Crippen LogP contribution in [0.4, 0.5) is 11.4 Å². The van der Waals surface area contributed by atoms with E-state index in [-0.39, 0.29) is 11.3 Å². The fourth-order valence-corrected chi connectivity index (χ4v) is 3.15. The molecule has 0 fully saturated rings. The molecule has 0 bridgehead atoms. The van der Waals surface area contributed by atoms with Crippen LogP contribution in [0.25, 0.3) is 0 Å². The van der Waals surface area contributed by atoms with Gasteiger partial charge in [-0.3, -0.25) is 14.8 Å². The van der Waals surface area contributed by atoms with Crippen molar-refractivity contribution in [3.63, 3.8) is 0 Å². The van der Waals surface area contributed by atoms with Gasteiger partial charge in [0.15, 0.2) is 4.90 Å². The Hall–Kier alpha value is -2.94. The zero-order chi connectivity index (χ0) is 17.0. The number of nitro groups is 1. The summed E-state index contributed by atoms with van der Waals surface area (Å²) in [7, 11) is -3.09. The van der Waals surface area contributed by atoms with E-state index in [9.17, 15) is 23.3 Å². The molecule has 23 heavy (non-hydrogen) atoms. The first kappa shape index (κ1) is 16.4. The zero-order valence-corrected chi connectivity index (χ0v) is 12.7. The normalized spacial score (nSPS) is 10.8. The third-order valence-electron chi connectivity index (χ3n) is 2.93. The summed E-state index contributed by atoms with van der Waals surface area (Å²) in [6, 6.07) is 10.7. The number of esters is 1. The Balaban J connectivity index is 2.49. The third kappa shape index (κ3) is 3.46. The number of benzene rings is 2. The maximum atomic E-state index is 12.4. The molecule has 1 N–H and O–H groups in total. The summed E-state index contributed by atoms with van der Waals surface area (Å²) in [5.41, 5.74) is -0.592. The van der Waals surface area contributed by atoms with E-state index in [1.807, 2.05) is 0 Å². The molecular weight excluding hydrogens is 324 g/mol. The van der Waals surface area contributed by atoms with E-state index in [1.165, 1.54) is 36.4 Å². The van der Waals surface area contributed by atoms with E-state index in [4.69, 9.17) is 0 Å². The first-order valence-corrected chi connectivity index (χ1v) is 7.78. The molecule has 0 saturated heterocycles. The second kappa shape index (κ2) is 6.44. The molecule has 0 atom stereocenters. The summed E-state index contributed by atoms with van der Waals surface area (Å²) in [6.07, 6.45) is 0. The van der Waals surface area contributed by atoms with E-state index >= 15 is 0 Å². The number of sulfonamides is 1. The molecule has 0 heterocycles. The van der Waals surface area contributed by atoms with Gasteiger partial charge in [-0.2, -0.15) is 0 Å². The van der Waals surface area contributed by atoms with Gasteiger partial charge in [-0.05, 0) is 18.2 Å². The van der Waals surface area contributed by atoms with Crippen LogP contribution in [-0.4, -0.2) is 26.4 Å². The van der Waals surface area contributed by atoms with Crippen LogP contribution in [0.2, 0.25) is 0 Å². The van der Waals surface area contributed by atoms with E-state index in [2.05, 4.69) is 9.46 Å². The second-order valence-electron chi connectivity index (χ2n) is 4.37. The number of carbonyl (C=O) groups is 1. The number of para-hydroxylation sites is 2. The lowest BCUT2D eigenvalue weighted by atomic mass is 10.2. The molecule has 2 aromatic rings. The Morgan fingerprint density at radius 1 is 1.13 bits per heavy atom. The molecule has 0 unspecified atom stereocenters. The number of hydrogen-bond acceptors (Lipinski definition) is 6. The average Bonchev–Trinajstić information content (AvgIpc) is 2.54. The number of nitrogens with zero attached hydrogens (tertiary/aromatic N) is 1. The number of nitro benzene ring substituents is 1. The number of hydrogen-bond donors (Lipinski definition) is 1. The topological polar surface area (TPSA) is 116 Å². The predicted molar refractivity (Wildman–Crippen MR) is 81.7 cm³/mol. The predicted octanol–water partition coefficient (Wildman–Crippen LogP) is 2.18. The average molecular weight is 336 g/mol. The quantitative estimate of drug-likeness (QED) is 0.508. The van der Waals surface area contributed by atoms with Crippen LogP contribution in [0.5, 0.6) is 0 Å². The third-order valence-corrected chi connectivity index (χ3v) is 4.34. The summed E-state index contributed by atoms with van der Waals surface area (Å²) in [4.78, 5) is 21.4. The van der Waals surface area contributed by atoms with Crippen molar-refractivity contribution in [1.29, 1.82) is 0 Å². The number of carbonyl (C=O) groups excluding carboxylic acids is 1. The van der Waals surface area contributed by atoms with Crippen molar-refractivity contribution in [2.45, 2.75) is 4.90 Å². The molecular formula is C14H12N2O6S. The largest absolute Gasteiger partial charge is 0.465 e. The van der Waals surface area contributed by atoms with Gasteiger partial charge < -0.3 is 4.74 Å². The molecule has 0 spiro atoms. The van der Waals surface area contributed by atoms with E-state index in [0.717, 1.165) is 19.2 Å². The number of methoxy groups -OCH3 is 1. The Kier molecular flexibility index (Phi) is 4.60. The van der Waals surface area contributed by atoms with Gasteiger partial charge in [0, 0.05) is 6.07 Å². The van der Waals surface area contributed by atoms with E-state index in [0.29, 0.717) is 0 Å². The molecule has 0 aliphatic heterocycles. The Bertz CT molecular complexity index is 863. The van der Waals surface area contributed by atoms with Gasteiger partial charge >= 0.3 is 5.97 Å². The van der Waals surface area contributed by atoms with E-state index < -0.39 is 31.5 Å². The van der Waals surface area contributed by atoms with Crippen molar-refractivity contribution >= 4 is 27.4 Å².